The van der Waals surface area contributed by atoms with E-state index in [-0.39, 0.29) is 23.3 Å². The highest BCUT2D eigenvalue weighted by molar-refractivity contribution is 5.97. The monoisotopic (exact) mass is 294 g/mol. The first-order valence-corrected chi connectivity index (χ1v) is 7.01. The number of hydrogen-bond donors (Lipinski definition) is 2. The number of methoxy groups -OCH3 is 1. The van der Waals surface area contributed by atoms with Crippen LogP contribution in [-0.2, 0) is 14.3 Å². The lowest BCUT2D eigenvalue weighted by Gasteiger charge is -2.29. The summed E-state index contributed by atoms with van der Waals surface area (Å²) in [5, 5.41) is 11.7. The Morgan fingerprint density at radius 3 is 2.67 bits per heavy atom. The molecule has 0 aromatic carbocycles. The highest BCUT2D eigenvalue weighted by Gasteiger charge is 2.22. The second-order valence-electron chi connectivity index (χ2n) is 4.97. The molecule has 1 aliphatic rings. The van der Waals surface area contributed by atoms with Crippen molar-refractivity contribution in [3.63, 3.8) is 0 Å². The lowest BCUT2D eigenvalue weighted by Crippen LogP contribution is -2.36. The Labute approximate surface area is 124 Å². The first-order valence-electron chi connectivity index (χ1n) is 7.01. The van der Waals surface area contributed by atoms with Crippen molar-refractivity contribution in [3.8, 4) is 6.07 Å². The van der Waals surface area contributed by atoms with Crippen molar-refractivity contribution in [1.29, 1.82) is 5.26 Å². The van der Waals surface area contributed by atoms with Gasteiger partial charge in [0.1, 0.15) is 11.6 Å². The van der Waals surface area contributed by atoms with E-state index in [1.807, 2.05) is 11.0 Å². The van der Waals surface area contributed by atoms with Crippen molar-refractivity contribution in [2.75, 3.05) is 33.4 Å². The average molecular weight is 294 g/mol. The van der Waals surface area contributed by atoms with E-state index in [0.29, 0.717) is 45.5 Å². The first kappa shape index (κ1) is 17.0. The molecule has 1 aliphatic heterocycles. The summed E-state index contributed by atoms with van der Waals surface area (Å²) in [5.41, 5.74) is 5.34. The third-order valence-corrected chi connectivity index (χ3v) is 3.42. The van der Waals surface area contributed by atoms with Crippen molar-refractivity contribution in [2.45, 2.75) is 19.3 Å². The number of rotatable bonds is 7. The van der Waals surface area contributed by atoms with E-state index in [2.05, 4.69) is 5.32 Å². The number of carbonyl (C=O) groups is 2. The molecule has 0 radical (unpaired) electrons. The Hall–Kier alpha value is -2.07. The molecule has 0 atom stereocenters. The molecule has 3 N–H and O–H groups in total. The van der Waals surface area contributed by atoms with E-state index in [1.165, 1.54) is 0 Å². The van der Waals surface area contributed by atoms with Crippen LogP contribution in [0.1, 0.15) is 19.3 Å². The lowest BCUT2D eigenvalue weighted by atomic mass is 9.96. The molecule has 1 heterocycles. The number of nitriles is 1. The fraction of sp³-hybridized carbons (Fsp3) is 0.643. The van der Waals surface area contributed by atoms with Gasteiger partial charge in [-0.2, -0.15) is 5.26 Å². The number of nitrogens with two attached hydrogens (primary N) is 1. The van der Waals surface area contributed by atoms with Gasteiger partial charge in [0, 0.05) is 45.5 Å². The molecular weight excluding hydrogens is 272 g/mol. The zero-order chi connectivity index (χ0) is 15.7. The van der Waals surface area contributed by atoms with Crippen LogP contribution in [0.15, 0.2) is 11.8 Å². The van der Waals surface area contributed by atoms with E-state index in [4.69, 9.17) is 15.7 Å². The molecule has 7 heteroatoms. The molecule has 2 amide bonds. The van der Waals surface area contributed by atoms with Crippen molar-refractivity contribution < 1.29 is 14.3 Å². The molecule has 1 saturated heterocycles. The van der Waals surface area contributed by atoms with Gasteiger partial charge in [0.2, 0.25) is 5.91 Å². The Bertz CT molecular complexity index is 434. The Morgan fingerprint density at radius 2 is 2.14 bits per heavy atom. The topological polar surface area (TPSA) is 108 Å². The normalized spacial score (nSPS) is 16.4. The molecule has 0 aromatic rings. The Morgan fingerprint density at radius 1 is 1.48 bits per heavy atom. The average Bonchev–Trinajstić information content (AvgIpc) is 2.49. The van der Waals surface area contributed by atoms with Crippen LogP contribution < -0.4 is 11.1 Å². The minimum atomic E-state index is -0.384. The van der Waals surface area contributed by atoms with E-state index in [9.17, 15) is 9.59 Å². The molecule has 7 nitrogen and oxygen atoms in total. The van der Waals surface area contributed by atoms with Gasteiger partial charge < -0.3 is 20.7 Å². The summed E-state index contributed by atoms with van der Waals surface area (Å²) in [6.45, 7) is 2.27. The SMILES string of the molecule is COCCCNC(=O)/C(C#N)=C\N1CCC(C(N)=O)CC1. The van der Waals surface area contributed by atoms with E-state index < -0.39 is 0 Å². The van der Waals surface area contributed by atoms with Gasteiger partial charge in [-0.05, 0) is 19.3 Å². The van der Waals surface area contributed by atoms with Crippen LogP contribution in [0.5, 0.6) is 0 Å². The maximum absolute atomic E-state index is 11.8. The molecule has 1 rings (SSSR count). The molecule has 21 heavy (non-hydrogen) atoms. The predicted octanol–water partition coefficient (Wildman–Crippen LogP) is -0.256. The smallest absolute Gasteiger partial charge is 0.263 e. The minimum absolute atomic E-state index is 0.0740. The molecule has 0 unspecified atom stereocenters. The number of piperidine rings is 1. The summed E-state index contributed by atoms with van der Waals surface area (Å²) in [6.07, 6.45) is 3.56. The largest absolute Gasteiger partial charge is 0.385 e. The number of carbonyl (C=O) groups excluding carboxylic acids is 2. The highest BCUT2D eigenvalue weighted by atomic mass is 16.5. The quantitative estimate of drug-likeness (QED) is 0.382. The van der Waals surface area contributed by atoms with E-state index in [0.717, 1.165) is 0 Å². The van der Waals surface area contributed by atoms with Crippen LogP contribution in [-0.4, -0.2) is 50.1 Å². The highest BCUT2D eigenvalue weighted by Crippen LogP contribution is 2.17. The molecule has 1 fully saturated rings. The molecular formula is C14H22N4O3. The number of likely N-dealkylation sites (tertiary alicyclic amines) is 1. The first-order chi connectivity index (χ1) is 10.1. The lowest BCUT2D eigenvalue weighted by molar-refractivity contribution is -0.123. The van der Waals surface area contributed by atoms with Gasteiger partial charge in [-0.1, -0.05) is 0 Å². The van der Waals surface area contributed by atoms with Gasteiger partial charge in [0.15, 0.2) is 0 Å². The molecule has 0 bridgehead atoms. The summed E-state index contributed by atoms with van der Waals surface area (Å²) in [5.74, 6) is -0.774. The van der Waals surface area contributed by atoms with Crippen LogP contribution in [0.25, 0.3) is 0 Å². The van der Waals surface area contributed by atoms with Gasteiger partial charge in [0.05, 0.1) is 0 Å². The van der Waals surface area contributed by atoms with Gasteiger partial charge in [0.25, 0.3) is 5.91 Å². The third kappa shape index (κ3) is 5.83. The second kappa shape index (κ2) is 8.97. The third-order valence-electron chi connectivity index (χ3n) is 3.42. The van der Waals surface area contributed by atoms with Gasteiger partial charge >= 0.3 is 0 Å². The van der Waals surface area contributed by atoms with E-state index in [1.54, 1.807) is 13.3 Å². The molecule has 0 aliphatic carbocycles. The van der Waals surface area contributed by atoms with Crippen molar-refractivity contribution in [3.05, 3.63) is 11.8 Å². The predicted molar refractivity (Wildman–Crippen MR) is 76.7 cm³/mol. The zero-order valence-electron chi connectivity index (χ0n) is 12.3. The van der Waals surface area contributed by atoms with Gasteiger partial charge in [-0.25, -0.2) is 0 Å². The van der Waals surface area contributed by atoms with Crippen LogP contribution in [0, 0.1) is 17.2 Å². The molecule has 0 aromatic heterocycles. The Balaban J connectivity index is 2.46. The number of ether oxygens (including phenoxy) is 1. The molecule has 0 saturated carbocycles. The maximum atomic E-state index is 11.8. The molecule has 116 valence electrons. The number of nitrogens with one attached hydrogen (secondary N) is 1. The minimum Gasteiger partial charge on any atom is -0.385 e. The van der Waals surface area contributed by atoms with Gasteiger partial charge in [-0.15, -0.1) is 0 Å². The van der Waals surface area contributed by atoms with Crippen LogP contribution in [0.3, 0.4) is 0 Å². The number of hydrogen-bond acceptors (Lipinski definition) is 5. The van der Waals surface area contributed by atoms with Crippen LogP contribution >= 0.6 is 0 Å². The zero-order valence-corrected chi connectivity index (χ0v) is 12.3. The van der Waals surface area contributed by atoms with Crippen molar-refractivity contribution in [1.82, 2.24) is 10.2 Å². The Kier molecular flexibility index (Phi) is 7.26. The van der Waals surface area contributed by atoms with Gasteiger partial charge in [-0.3, -0.25) is 9.59 Å². The summed E-state index contributed by atoms with van der Waals surface area (Å²) in [7, 11) is 1.60. The molecule has 0 spiro atoms. The second-order valence-corrected chi connectivity index (χ2v) is 4.97. The number of nitrogens with zero attached hydrogens (tertiary/aromatic N) is 2. The van der Waals surface area contributed by atoms with Crippen molar-refractivity contribution in [2.24, 2.45) is 11.7 Å². The van der Waals surface area contributed by atoms with E-state index >= 15 is 0 Å². The summed E-state index contributed by atoms with van der Waals surface area (Å²) < 4.78 is 4.88. The fourth-order valence-corrected chi connectivity index (χ4v) is 2.15. The fourth-order valence-electron chi connectivity index (χ4n) is 2.15. The summed E-state index contributed by atoms with van der Waals surface area (Å²) in [4.78, 5) is 24.8. The number of primary amides is 1. The maximum Gasteiger partial charge on any atom is 0.263 e. The number of amides is 2. The summed E-state index contributed by atoms with van der Waals surface area (Å²) >= 11 is 0. The van der Waals surface area contributed by atoms with Crippen LogP contribution in [0.4, 0.5) is 0 Å². The van der Waals surface area contributed by atoms with Crippen molar-refractivity contribution >= 4 is 11.8 Å². The summed E-state index contributed by atoms with van der Waals surface area (Å²) in [6, 6.07) is 1.91. The van der Waals surface area contributed by atoms with Crippen LogP contribution in [0.2, 0.25) is 0 Å². The standard InChI is InChI=1S/C14H22N4O3/c1-21-8-2-5-17-14(20)12(9-15)10-18-6-3-11(4-7-18)13(16)19/h10-11H,2-8H2,1H3,(H2,16,19)(H,17,20)/b12-10-.